The molecule has 0 spiro atoms. The second kappa shape index (κ2) is 11.3. The lowest BCUT2D eigenvalue weighted by Crippen LogP contribution is -2.27. The van der Waals surface area contributed by atoms with E-state index in [2.05, 4.69) is 107 Å². The van der Waals surface area contributed by atoms with E-state index < -0.39 is 5.41 Å². The normalized spacial score (nSPS) is 14.4. The van der Waals surface area contributed by atoms with Gasteiger partial charge in [-0.25, -0.2) is 0 Å². The average molecular weight is 454 g/mol. The third kappa shape index (κ3) is 6.02. The van der Waals surface area contributed by atoms with Crippen molar-refractivity contribution in [3.8, 4) is 11.3 Å². The second-order valence-electron chi connectivity index (χ2n) is 9.77. The van der Waals surface area contributed by atoms with E-state index in [1.807, 2.05) is 12.1 Å². The summed E-state index contributed by atoms with van der Waals surface area (Å²) in [5.41, 5.74) is 13.5. The van der Waals surface area contributed by atoms with Gasteiger partial charge in [-0.2, -0.15) is 0 Å². The molecule has 2 N–H and O–H groups in total. The molecule has 3 heteroatoms. The Kier molecular flexibility index (Phi) is 8.44. The van der Waals surface area contributed by atoms with Gasteiger partial charge in [0.2, 0.25) is 0 Å². The van der Waals surface area contributed by atoms with Crippen LogP contribution >= 0.6 is 0 Å². The van der Waals surface area contributed by atoms with Crippen LogP contribution in [0.25, 0.3) is 11.3 Å². The van der Waals surface area contributed by atoms with Crippen molar-refractivity contribution < 1.29 is 0 Å². The maximum Gasteiger partial charge on any atom is 0.0705 e. The second-order valence-corrected chi connectivity index (χ2v) is 9.77. The van der Waals surface area contributed by atoms with Crippen LogP contribution in [-0.4, -0.2) is 11.2 Å². The first-order chi connectivity index (χ1) is 16.3. The number of aliphatic imine (C=N–C) groups is 1. The molecule has 178 valence electrons. The molecule has 2 aromatic carbocycles. The van der Waals surface area contributed by atoms with Gasteiger partial charge in [-0.05, 0) is 86.1 Å². The molecule has 3 nitrogen and oxygen atoms in total. The first-order valence-corrected chi connectivity index (χ1v) is 12.4. The number of aromatic nitrogens is 1. The maximum atomic E-state index is 6.55. The molecule has 3 aromatic rings. The summed E-state index contributed by atoms with van der Waals surface area (Å²) in [7, 11) is 0. The lowest BCUT2D eigenvalue weighted by Gasteiger charge is -2.25. The highest BCUT2D eigenvalue weighted by Crippen LogP contribution is 2.30. The number of hydrogen-bond donors (Lipinski definition) is 1. The van der Waals surface area contributed by atoms with Crippen molar-refractivity contribution >= 4 is 11.9 Å². The summed E-state index contributed by atoms with van der Waals surface area (Å²) >= 11 is 0. The van der Waals surface area contributed by atoms with Gasteiger partial charge in [0.1, 0.15) is 0 Å². The van der Waals surface area contributed by atoms with Gasteiger partial charge in [-0.1, -0.05) is 64.1 Å². The lowest BCUT2D eigenvalue weighted by atomic mass is 9.84. The summed E-state index contributed by atoms with van der Waals surface area (Å²) < 4.78 is 0. The number of pyridine rings is 1. The molecule has 3 rings (SSSR count). The van der Waals surface area contributed by atoms with E-state index in [-0.39, 0.29) is 0 Å². The summed E-state index contributed by atoms with van der Waals surface area (Å²) in [6.45, 7) is 13.2. The molecule has 34 heavy (non-hydrogen) atoms. The Morgan fingerprint density at radius 2 is 1.53 bits per heavy atom. The van der Waals surface area contributed by atoms with Crippen molar-refractivity contribution in [2.75, 3.05) is 0 Å². The Morgan fingerprint density at radius 3 is 2.21 bits per heavy atom. The Labute approximate surface area is 205 Å². The fourth-order valence-electron chi connectivity index (χ4n) is 3.89. The Balaban J connectivity index is 1.83. The van der Waals surface area contributed by atoms with E-state index in [9.17, 15) is 0 Å². The number of nitrogens with two attached hydrogens (primary N) is 1. The van der Waals surface area contributed by atoms with Gasteiger partial charge < -0.3 is 5.73 Å². The van der Waals surface area contributed by atoms with E-state index >= 15 is 0 Å². The van der Waals surface area contributed by atoms with Gasteiger partial charge in [0.05, 0.1) is 17.1 Å². The van der Waals surface area contributed by atoms with Gasteiger partial charge in [-0.3, -0.25) is 9.98 Å². The first kappa shape index (κ1) is 25.4. The standard InChI is InChI=1S/C31H39N3/c1-7-22(3)24-12-9-14-26(20-24)28-16-11-17-30(34-28)31(5,6)29(32)18-19-33-27-15-10-13-25(21-27)23(4)8-2/h9-23H,7-8,32H2,1-6H3. The molecule has 1 aromatic heterocycles. The average Bonchev–Trinajstić information content (AvgIpc) is 2.87. The molecule has 0 fully saturated rings. The smallest absolute Gasteiger partial charge is 0.0705 e. The summed E-state index contributed by atoms with van der Waals surface area (Å²) in [6.07, 6.45) is 5.93. The van der Waals surface area contributed by atoms with Crippen molar-refractivity contribution in [3.63, 3.8) is 0 Å². The Hall–Kier alpha value is -3.20. The van der Waals surface area contributed by atoms with Gasteiger partial charge in [-0.15, -0.1) is 0 Å². The zero-order valence-corrected chi connectivity index (χ0v) is 21.5. The SMILES string of the molecule is CCC(C)c1cccc(N=CC=C(N)C(C)(C)c2cccc(-c3cccc(C(C)CC)c3)n2)c1. The molecule has 1 heterocycles. The molecule has 2 atom stereocenters. The minimum Gasteiger partial charge on any atom is -0.401 e. The van der Waals surface area contributed by atoms with E-state index in [1.165, 1.54) is 11.1 Å². The van der Waals surface area contributed by atoms with Crippen LogP contribution in [0, 0.1) is 0 Å². The highest BCUT2D eigenvalue weighted by atomic mass is 14.8. The zero-order valence-electron chi connectivity index (χ0n) is 21.5. The molecule has 0 saturated heterocycles. The van der Waals surface area contributed by atoms with E-state index in [0.717, 1.165) is 41.2 Å². The third-order valence-electron chi connectivity index (χ3n) is 7.00. The van der Waals surface area contributed by atoms with Crippen molar-refractivity contribution in [3.05, 3.63) is 95.3 Å². The van der Waals surface area contributed by atoms with Gasteiger partial charge >= 0.3 is 0 Å². The van der Waals surface area contributed by atoms with Crippen LogP contribution in [0.3, 0.4) is 0 Å². The molecule has 0 amide bonds. The van der Waals surface area contributed by atoms with Crippen molar-refractivity contribution in [2.24, 2.45) is 10.7 Å². The highest BCUT2D eigenvalue weighted by molar-refractivity contribution is 5.76. The topological polar surface area (TPSA) is 51.3 Å². The van der Waals surface area contributed by atoms with Crippen molar-refractivity contribution in [1.29, 1.82) is 0 Å². The van der Waals surface area contributed by atoms with Crippen LogP contribution in [0.15, 0.2) is 83.5 Å². The summed E-state index contributed by atoms with van der Waals surface area (Å²) in [5, 5.41) is 0. The van der Waals surface area contributed by atoms with Gasteiger partial charge in [0.15, 0.2) is 0 Å². The van der Waals surface area contributed by atoms with Crippen molar-refractivity contribution in [2.45, 2.75) is 71.6 Å². The van der Waals surface area contributed by atoms with Gasteiger partial charge in [0.25, 0.3) is 0 Å². The number of allylic oxidation sites excluding steroid dienone is 2. The summed E-state index contributed by atoms with van der Waals surface area (Å²) in [5.74, 6) is 1.06. The number of rotatable bonds is 9. The molecule has 0 aliphatic carbocycles. The van der Waals surface area contributed by atoms with Crippen LogP contribution in [0.4, 0.5) is 5.69 Å². The molecule has 0 bridgehead atoms. The minimum atomic E-state index is -0.422. The predicted octanol–water partition coefficient (Wildman–Crippen LogP) is 8.30. The molecule has 0 saturated carbocycles. The maximum absolute atomic E-state index is 6.55. The van der Waals surface area contributed by atoms with E-state index in [0.29, 0.717) is 11.8 Å². The quantitative estimate of drug-likeness (QED) is 0.331. The van der Waals surface area contributed by atoms with Crippen LogP contribution in [-0.2, 0) is 5.41 Å². The lowest BCUT2D eigenvalue weighted by molar-refractivity contribution is 0.595. The fraction of sp³-hybridized carbons (Fsp3) is 0.355. The summed E-state index contributed by atoms with van der Waals surface area (Å²) in [4.78, 5) is 9.63. The third-order valence-corrected chi connectivity index (χ3v) is 7.00. The van der Waals surface area contributed by atoms with E-state index in [1.54, 1.807) is 6.21 Å². The van der Waals surface area contributed by atoms with Crippen LogP contribution < -0.4 is 5.73 Å². The molecule has 0 aliphatic heterocycles. The largest absolute Gasteiger partial charge is 0.401 e. The predicted molar refractivity (Wildman–Crippen MR) is 147 cm³/mol. The van der Waals surface area contributed by atoms with Gasteiger partial charge in [0, 0.05) is 22.9 Å². The molecular weight excluding hydrogens is 414 g/mol. The molecule has 2 unspecified atom stereocenters. The zero-order chi connectivity index (χ0) is 24.7. The molecule has 0 radical (unpaired) electrons. The molecular formula is C31H39N3. The fourth-order valence-corrected chi connectivity index (χ4v) is 3.89. The number of hydrogen-bond acceptors (Lipinski definition) is 3. The highest BCUT2D eigenvalue weighted by Gasteiger charge is 2.25. The van der Waals surface area contributed by atoms with E-state index in [4.69, 9.17) is 10.7 Å². The summed E-state index contributed by atoms with van der Waals surface area (Å²) in [6, 6.07) is 23.3. The number of benzene rings is 2. The van der Waals surface area contributed by atoms with Crippen LogP contribution in [0.5, 0.6) is 0 Å². The molecule has 0 aliphatic rings. The minimum absolute atomic E-state index is 0.422. The van der Waals surface area contributed by atoms with Crippen LogP contribution in [0.2, 0.25) is 0 Å². The monoisotopic (exact) mass is 453 g/mol. The first-order valence-electron chi connectivity index (χ1n) is 12.4. The number of nitrogens with zero attached hydrogens (tertiary/aromatic N) is 2. The Bertz CT molecular complexity index is 1160. The van der Waals surface area contributed by atoms with Crippen molar-refractivity contribution in [1.82, 2.24) is 4.98 Å². The Morgan fingerprint density at radius 1 is 0.912 bits per heavy atom. The van der Waals surface area contributed by atoms with Crippen LogP contribution in [0.1, 0.15) is 83.0 Å².